The van der Waals surface area contributed by atoms with Crippen LogP contribution in [0.4, 0.5) is 5.69 Å². The molecule has 0 aliphatic rings. The van der Waals surface area contributed by atoms with Crippen molar-refractivity contribution in [1.29, 1.82) is 0 Å². The Hall–Kier alpha value is -2.55. The molecular formula is C12H11NO5. The fourth-order valence-corrected chi connectivity index (χ4v) is 1.27. The molecule has 6 nitrogen and oxygen atoms in total. The van der Waals surface area contributed by atoms with Crippen LogP contribution in [0.25, 0.3) is 0 Å². The number of nitrogens with zero attached hydrogens (tertiary/aromatic N) is 1. The van der Waals surface area contributed by atoms with Crippen molar-refractivity contribution in [2.75, 3.05) is 6.61 Å². The summed E-state index contributed by atoms with van der Waals surface area (Å²) in [5.74, 6) is 1.19. The predicted molar refractivity (Wildman–Crippen MR) is 63.6 cm³/mol. The fraction of sp³-hybridized carbons (Fsp3) is 0.250. The molecule has 94 valence electrons. The number of unbranched alkanes of at least 4 members (excludes halogenated alkanes) is 1. The number of carboxylic acids is 1. The van der Waals surface area contributed by atoms with Crippen LogP contribution in [0.15, 0.2) is 18.2 Å². The lowest BCUT2D eigenvalue weighted by Gasteiger charge is -2.06. The normalized spacial score (nSPS) is 9.50. The van der Waals surface area contributed by atoms with Gasteiger partial charge in [0.1, 0.15) is 0 Å². The van der Waals surface area contributed by atoms with E-state index >= 15 is 0 Å². The Kier molecular flexibility index (Phi) is 4.69. The molecule has 0 spiro atoms. The zero-order valence-corrected chi connectivity index (χ0v) is 9.46. The summed E-state index contributed by atoms with van der Waals surface area (Å²) in [5, 5.41) is 19.5. The third-order valence-electron chi connectivity index (χ3n) is 2.13. The second kappa shape index (κ2) is 6.25. The second-order valence-electron chi connectivity index (χ2n) is 3.40. The van der Waals surface area contributed by atoms with E-state index in [1.807, 2.05) is 0 Å². The molecule has 0 saturated heterocycles. The number of ether oxygens (including phenoxy) is 1. The van der Waals surface area contributed by atoms with Gasteiger partial charge in [0, 0.05) is 18.6 Å². The van der Waals surface area contributed by atoms with Gasteiger partial charge in [-0.3, -0.25) is 10.1 Å². The van der Waals surface area contributed by atoms with E-state index in [1.54, 1.807) is 0 Å². The van der Waals surface area contributed by atoms with Gasteiger partial charge in [-0.1, -0.05) is 0 Å². The zero-order valence-electron chi connectivity index (χ0n) is 9.46. The van der Waals surface area contributed by atoms with Gasteiger partial charge in [-0.2, -0.15) is 0 Å². The SMILES string of the molecule is C#CCCCOc1cc(C(=O)O)ccc1[N+](=O)[O-]. The number of rotatable bonds is 6. The number of carbonyl (C=O) groups is 1. The summed E-state index contributed by atoms with van der Waals surface area (Å²) in [5.41, 5.74) is -0.326. The Morgan fingerprint density at radius 2 is 2.28 bits per heavy atom. The molecular weight excluding hydrogens is 238 g/mol. The standard InChI is InChI=1S/C12H11NO5/c1-2-3-4-7-18-11-8-9(12(14)15)5-6-10(11)13(16)17/h1,5-6,8H,3-4,7H2,(H,14,15). The van der Waals surface area contributed by atoms with Gasteiger partial charge in [-0.05, 0) is 12.5 Å². The summed E-state index contributed by atoms with van der Waals surface area (Å²) in [6, 6.07) is 3.41. The minimum absolute atomic E-state index is 0.0584. The van der Waals surface area contributed by atoms with Crippen LogP contribution >= 0.6 is 0 Å². The van der Waals surface area contributed by atoms with Gasteiger partial charge in [0.2, 0.25) is 0 Å². The van der Waals surface area contributed by atoms with Crippen LogP contribution in [0, 0.1) is 22.5 Å². The predicted octanol–water partition coefficient (Wildman–Crippen LogP) is 2.09. The van der Waals surface area contributed by atoms with Crippen LogP contribution in [0.3, 0.4) is 0 Å². The van der Waals surface area contributed by atoms with Crippen LogP contribution in [0.2, 0.25) is 0 Å². The molecule has 0 aliphatic carbocycles. The highest BCUT2D eigenvalue weighted by atomic mass is 16.6. The minimum Gasteiger partial charge on any atom is -0.487 e. The van der Waals surface area contributed by atoms with E-state index in [1.165, 1.54) is 0 Å². The van der Waals surface area contributed by atoms with E-state index in [-0.39, 0.29) is 23.6 Å². The maximum Gasteiger partial charge on any atom is 0.335 e. The van der Waals surface area contributed by atoms with Crippen LogP contribution in [0.1, 0.15) is 23.2 Å². The van der Waals surface area contributed by atoms with Crippen molar-refractivity contribution in [2.45, 2.75) is 12.8 Å². The highest BCUT2D eigenvalue weighted by Crippen LogP contribution is 2.28. The highest BCUT2D eigenvalue weighted by molar-refractivity contribution is 5.88. The molecule has 0 amide bonds. The van der Waals surface area contributed by atoms with Crippen molar-refractivity contribution < 1.29 is 19.6 Å². The van der Waals surface area contributed by atoms with Gasteiger partial charge in [-0.15, -0.1) is 12.3 Å². The molecule has 0 radical (unpaired) electrons. The largest absolute Gasteiger partial charge is 0.487 e. The minimum atomic E-state index is -1.17. The van der Waals surface area contributed by atoms with Crippen molar-refractivity contribution >= 4 is 11.7 Å². The number of nitro benzene ring substituents is 1. The molecule has 1 aromatic rings. The third kappa shape index (κ3) is 3.49. The number of terminal acetylenes is 1. The molecule has 0 heterocycles. The Labute approximate surface area is 103 Å². The fourth-order valence-electron chi connectivity index (χ4n) is 1.27. The molecule has 0 unspecified atom stereocenters. The van der Waals surface area contributed by atoms with Crippen LogP contribution in [-0.2, 0) is 0 Å². The molecule has 1 rings (SSSR count). The number of aromatic carboxylic acids is 1. The van der Waals surface area contributed by atoms with Gasteiger partial charge < -0.3 is 9.84 Å². The van der Waals surface area contributed by atoms with E-state index in [0.717, 1.165) is 18.2 Å². The van der Waals surface area contributed by atoms with E-state index < -0.39 is 10.9 Å². The quantitative estimate of drug-likeness (QED) is 0.361. The Balaban J connectivity index is 2.90. The average Bonchev–Trinajstić information content (AvgIpc) is 2.34. The topological polar surface area (TPSA) is 89.7 Å². The second-order valence-corrected chi connectivity index (χ2v) is 3.40. The summed E-state index contributed by atoms with van der Waals surface area (Å²) in [6.07, 6.45) is 6.10. The first-order valence-electron chi connectivity index (χ1n) is 5.14. The first-order chi connectivity index (χ1) is 8.56. The van der Waals surface area contributed by atoms with E-state index in [2.05, 4.69) is 5.92 Å². The third-order valence-corrected chi connectivity index (χ3v) is 2.13. The summed E-state index contributed by atoms with van der Waals surface area (Å²) >= 11 is 0. The average molecular weight is 249 g/mol. The van der Waals surface area contributed by atoms with Crippen LogP contribution < -0.4 is 4.74 Å². The van der Waals surface area contributed by atoms with Gasteiger partial charge in [-0.25, -0.2) is 4.79 Å². The van der Waals surface area contributed by atoms with Crippen molar-refractivity contribution in [3.8, 4) is 18.1 Å². The zero-order chi connectivity index (χ0) is 13.5. The Morgan fingerprint density at radius 3 is 2.83 bits per heavy atom. The maximum absolute atomic E-state index is 10.8. The van der Waals surface area contributed by atoms with Crippen molar-refractivity contribution in [2.24, 2.45) is 0 Å². The molecule has 18 heavy (non-hydrogen) atoms. The van der Waals surface area contributed by atoms with Gasteiger partial charge in [0.15, 0.2) is 5.75 Å². The van der Waals surface area contributed by atoms with Crippen molar-refractivity contribution in [3.05, 3.63) is 33.9 Å². The molecule has 0 aromatic heterocycles. The van der Waals surface area contributed by atoms with Crippen LogP contribution in [0.5, 0.6) is 5.75 Å². The van der Waals surface area contributed by atoms with E-state index in [4.69, 9.17) is 16.3 Å². The van der Waals surface area contributed by atoms with Crippen molar-refractivity contribution in [1.82, 2.24) is 0 Å². The molecule has 0 aliphatic heterocycles. The number of benzene rings is 1. The van der Waals surface area contributed by atoms with Crippen LogP contribution in [-0.4, -0.2) is 22.6 Å². The Morgan fingerprint density at radius 1 is 1.56 bits per heavy atom. The molecule has 0 fully saturated rings. The van der Waals surface area contributed by atoms with Gasteiger partial charge >= 0.3 is 11.7 Å². The number of carboxylic acid groups (broad SMARTS) is 1. The number of nitro groups is 1. The molecule has 0 saturated carbocycles. The van der Waals surface area contributed by atoms with E-state index in [0.29, 0.717) is 12.8 Å². The molecule has 0 atom stereocenters. The molecule has 1 aromatic carbocycles. The van der Waals surface area contributed by atoms with Gasteiger partial charge in [0.05, 0.1) is 17.1 Å². The van der Waals surface area contributed by atoms with Crippen molar-refractivity contribution in [3.63, 3.8) is 0 Å². The maximum atomic E-state index is 10.8. The lowest BCUT2D eigenvalue weighted by molar-refractivity contribution is -0.385. The summed E-state index contributed by atoms with van der Waals surface area (Å²) in [4.78, 5) is 20.9. The number of hydrogen-bond acceptors (Lipinski definition) is 4. The van der Waals surface area contributed by atoms with Gasteiger partial charge in [0.25, 0.3) is 0 Å². The van der Waals surface area contributed by atoms with E-state index in [9.17, 15) is 14.9 Å². The lowest BCUT2D eigenvalue weighted by Crippen LogP contribution is -2.03. The number of hydrogen-bond donors (Lipinski definition) is 1. The molecule has 6 heteroatoms. The Bertz CT molecular complexity index is 504. The first kappa shape index (κ1) is 13.5. The highest BCUT2D eigenvalue weighted by Gasteiger charge is 2.17. The summed E-state index contributed by atoms with van der Waals surface area (Å²) in [7, 11) is 0. The summed E-state index contributed by atoms with van der Waals surface area (Å²) in [6.45, 7) is 0.202. The summed E-state index contributed by atoms with van der Waals surface area (Å²) < 4.78 is 5.19. The molecule has 1 N–H and O–H groups in total. The first-order valence-corrected chi connectivity index (χ1v) is 5.14. The smallest absolute Gasteiger partial charge is 0.335 e. The molecule has 0 bridgehead atoms. The lowest BCUT2D eigenvalue weighted by atomic mass is 10.2. The monoisotopic (exact) mass is 249 g/mol.